The minimum Gasteiger partial charge on any atom is -0.492 e. The van der Waals surface area contributed by atoms with Gasteiger partial charge in [0, 0.05) is 12.1 Å². The highest BCUT2D eigenvalue weighted by Crippen LogP contribution is 2.38. The molecule has 3 aromatic rings. The van der Waals surface area contributed by atoms with Crippen LogP contribution < -0.4 is 24.5 Å². The Balaban J connectivity index is 2.29. The zero-order valence-corrected chi connectivity index (χ0v) is 15.1. The van der Waals surface area contributed by atoms with Crippen molar-refractivity contribution < 1.29 is 28.1 Å². The van der Waals surface area contributed by atoms with Crippen LogP contribution in [0.2, 0.25) is 0 Å². The number of ether oxygens (including phenoxy) is 3. The molecule has 0 fully saturated rings. The van der Waals surface area contributed by atoms with Crippen molar-refractivity contribution >= 4 is 16.7 Å². The number of benzene rings is 2. The van der Waals surface area contributed by atoms with Crippen molar-refractivity contribution in [2.24, 2.45) is 0 Å². The highest BCUT2D eigenvalue weighted by molar-refractivity contribution is 5.81. The van der Waals surface area contributed by atoms with E-state index in [9.17, 15) is 14.9 Å². The molecule has 0 bridgehead atoms. The first-order valence-electron chi connectivity index (χ1n) is 7.84. The van der Waals surface area contributed by atoms with Crippen LogP contribution in [0.1, 0.15) is 5.56 Å². The lowest BCUT2D eigenvalue weighted by Crippen LogP contribution is -2.46. The predicted molar refractivity (Wildman–Crippen MR) is 95.1 cm³/mol. The Labute approximate surface area is 153 Å². The fourth-order valence-electron chi connectivity index (χ4n) is 2.84. The second-order valence-electron chi connectivity index (χ2n) is 5.69. The number of hydrogen-bond donors (Lipinski definition) is 0. The zero-order chi connectivity index (χ0) is 19.7. The molecule has 0 saturated carbocycles. The van der Waals surface area contributed by atoms with Gasteiger partial charge in [-0.15, -0.1) is 0 Å². The number of nitrogens with zero attached hydrogens (tertiary/aromatic N) is 2. The molecule has 1 aromatic heterocycles. The van der Waals surface area contributed by atoms with Gasteiger partial charge in [-0.1, -0.05) is 4.57 Å². The number of hydrogen-bond acceptors (Lipinski definition) is 7. The van der Waals surface area contributed by atoms with Gasteiger partial charge < -0.3 is 18.6 Å². The Morgan fingerprint density at radius 2 is 1.67 bits per heavy atom. The van der Waals surface area contributed by atoms with E-state index in [0.717, 1.165) is 0 Å². The van der Waals surface area contributed by atoms with E-state index in [1.165, 1.54) is 44.2 Å². The first-order chi connectivity index (χ1) is 12.9. The Kier molecular flexibility index (Phi) is 4.68. The lowest BCUT2D eigenvalue weighted by atomic mass is 10.1. The molecule has 27 heavy (non-hydrogen) atoms. The van der Waals surface area contributed by atoms with Gasteiger partial charge in [-0.2, -0.15) is 4.79 Å². The van der Waals surface area contributed by atoms with Crippen molar-refractivity contribution in [3.8, 4) is 22.9 Å². The molecule has 1 heterocycles. The average molecular weight is 373 g/mol. The van der Waals surface area contributed by atoms with Crippen molar-refractivity contribution in [3.63, 3.8) is 0 Å². The first-order valence-corrected chi connectivity index (χ1v) is 7.84. The summed E-state index contributed by atoms with van der Waals surface area (Å²) in [5.74, 6) is 0.429. The molecule has 2 aromatic carbocycles. The van der Waals surface area contributed by atoms with Crippen molar-refractivity contribution in [1.82, 2.24) is 0 Å². The monoisotopic (exact) mass is 373 g/mol. The molecular formula is C18H17N2O7+. The van der Waals surface area contributed by atoms with Gasteiger partial charge in [-0.05, 0) is 12.5 Å². The van der Waals surface area contributed by atoms with Gasteiger partial charge in [0.15, 0.2) is 23.3 Å². The maximum atomic E-state index is 12.5. The maximum Gasteiger partial charge on any atom is 0.608 e. The number of methoxy groups -OCH3 is 3. The van der Waals surface area contributed by atoms with Gasteiger partial charge in [0.25, 0.3) is 5.69 Å². The molecule has 0 spiro atoms. The van der Waals surface area contributed by atoms with E-state index in [1.807, 2.05) is 0 Å². The number of nitro groups is 1. The SMILES string of the molecule is COc1cc(-[n+]2cc3cc([N+](=O)[O-])cc(C)c3oc2=O)cc(OC)c1OC. The van der Waals surface area contributed by atoms with Crippen molar-refractivity contribution in [1.29, 1.82) is 0 Å². The molecule has 9 heteroatoms. The van der Waals surface area contributed by atoms with Gasteiger partial charge in [0.2, 0.25) is 11.4 Å². The van der Waals surface area contributed by atoms with E-state index >= 15 is 0 Å². The third kappa shape index (κ3) is 3.14. The number of fused-ring (bicyclic) bond motifs is 1. The average Bonchev–Trinajstić information content (AvgIpc) is 2.66. The Morgan fingerprint density at radius 1 is 1.04 bits per heavy atom. The van der Waals surface area contributed by atoms with Crippen LogP contribution in [0, 0.1) is 17.0 Å². The molecular weight excluding hydrogens is 356 g/mol. The summed E-state index contributed by atoms with van der Waals surface area (Å²) in [7, 11) is 4.39. The fourth-order valence-corrected chi connectivity index (χ4v) is 2.84. The van der Waals surface area contributed by atoms with Crippen molar-refractivity contribution in [2.45, 2.75) is 6.92 Å². The van der Waals surface area contributed by atoms with Gasteiger partial charge in [-0.25, -0.2) is 0 Å². The van der Waals surface area contributed by atoms with E-state index in [2.05, 4.69) is 0 Å². The van der Waals surface area contributed by atoms with Crippen LogP contribution in [-0.4, -0.2) is 26.3 Å². The van der Waals surface area contributed by atoms with Crippen LogP contribution in [-0.2, 0) is 0 Å². The van der Waals surface area contributed by atoms with Crippen molar-refractivity contribution in [3.05, 3.63) is 56.7 Å². The lowest BCUT2D eigenvalue weighted by molar-refractivity contribution is -0.623. The molecule has 0 saturated heterocycles. The second-order valence-corrected chi connectivity index (χ2v) is 5.69. The van der Waals surface area contributed by atoms with Gasteiger partial charge in [-0.3, -0.25) is 10.1 Å². The van der Waals surface area contributed by atoms with E-state index in [-0.39, 0.29) is 11.3 Å². The molecule has 0 N–H and O–H groups in total. The summed E-state index contributed by atoms with van der Waals surface area (Å²) in [6, 6.07) is 5.86. The smallest absolute Gasteiger partial charge is 0.492 e. The minimum absolute atomic E-state index is 0.0923. The van der Waals surface area contributed by atoms with Crippen LogP contribution in [0.4, 0.5) is 5.69 Å². The number of aryl methyl sites for hydroxylation is 1. The largest absolute Gasteiger partial charge is 0.608 e. The van der Waals surface area contributed by atoms with Crippen LogP contribution in [0.3, 0.4) is 0 Å². The van der Waals surface area contributed by atoms with Gasteiger partial charge in [0.1, 0.15) is 0 Å². The topological polar surface area (TPSA) is 105 Å². The van der Waals surface area contributed by atoms with Crippen LogP contribution in [0.15, 0.2) is 39.7 Å². The molecule has 0 aliphatic rings. The maximum absolute atomic E-state index is 12.5. The molecule has 3 rings (SSSR count). The van der Waals surface area contributed by atoms with E-state index in [4.69, 9.17) is 18.6 Å². The van der Waals surface area contributed by atoms with Crippen molar-refractivity contribution in [2.75, 3.05) is 21.3 Å². The summed E-state index contributed by atoms with van der Waals surface area (Å²) in [6.45, 7) is 1.64. The molecule has 140 valence electrons. The Hall–Kier alpha value is -3.62. The second kappa shape index (κ2) is 6.94. The lowest BCUT2D eigenvalue weighted by Gasteiger charge is -2.11. The molecule has 0 atom stereocenters. The molecule has 0 aliphatic carbocycles. The zero-order valence-electron chi connectivity index (χ0n) is 15.1. The number of non-ortho nitro benzene ring substituents is 1. The van der Waals surface area contributed by atoms with Crippen LogP contribution >= 0.6 is 0 Å². The molecule has 0 radical (unpaired) electrons. The summed E-state index contributed by atoms with van der Waals surface area (Å²) in [5.41, 5.74) is 1.08. The molecule has 0 amide bonds. The standard InChI is InChI=1S/C18H17N2O7/c1-10-5-13(20(22)23)6-11-9-19(18(21)27-16(10)11)12-7-14(24-2)17(26-4)15(8-12)25-3/h5-9H,1-4H3/q+1. The predicted octanol–water partition coefficient (Wildman–Crippen LogP) is 2.31. The highest BCUT2D eigenvalue weighted by Gasteiger charge is 2.23. The van der Waals surface area contributed by atoms with Gasteiger partial charge >= 0.3 is 5.76 Å². The third-order valence-electron chi connectivity index (χ3n) is 4.08. The normalized spacial score (nSPS) is 10.7. The number of aromatic nitrogens is 1. The molecule has 0 unspecified atom stereocenters. The number of nitro benzene ring substituents is 1. The number of rotatable bonds is 5. The Morgan fingerprint density at radius 3 is 2.19 bits per heavy atom. The van der Waals surface area contributed by atoms with Crippen LogP contribution in [0.5, 0.6) is 17.2 Å². The fraction of sp³-hybridized carbons (Fsp3) is 0.222. The molecule has 9 nitrogen and oxygen atoms in total. The molecule has 0 aliphatic heterocycles. The van der Waals surface area contributed by atoms with Crippen LogP contribution in [0.25, 0.3) is 16.7 Å². The minimum atomic E-state index is -0.659. The third-order valence-corrected chi connectivity index (χ3v) is 4.08. The quantitative estimate of drug-likeness (QED) is 0.384. The van der Waals surface area contributed by atoms with E-state index in [1.54, 1.807) is 19.1 Å². The summed E-state index contributed by atoms with van der Waals surface area (Å²) in [5, 5.41) is 11.5. The Bertz CT molecular complexity index is 1080. The van der Waals surface area contributed by atoms with E-state index in [0.29, 0.717) is 33.9 Å². The summed E-state index contributed by atoms with van der Waals surface area (Å²) in [6.07, 6.45) is 1.47. The summed E-state index contributed by atoms with van der Waals surface area (Å²) < 4.78 is 22.5. The summed E-state index contributed by atoms with van der Waals surface area (Å²) in [4.78, 5) is 23.1. The first kappa shape index (κ1) is 18.2. The summed E-state index contributed by atoms with van der Waals surface area (Å²) >= 11 is 0. The van der Waals surface area contributed by atoms with Gasteiger partial charge in [0.05, 0.1) is 43.8 Å². The van der Waals surface area contributed by atoms with E-state index < -0.39 is 10.7 Å². The highest BCUT2D eigenvalue weighted by atomic mass is 16.6.